The molecule has 6 nitrogen and oxygen atoms in total. The second-order valence-corrected chi connectivity index (χ2v) is 7.20. The minimum atomic E-state index is 0.397. The molecule has 2 rings (SSSR count). The van der Waals surface area contributed by atoms with Crippen molar-refractivity contribution in [3.8, 4) is 11.5 Å². The molecule has 6 heteroatoms. The highest BCUT2D eigenvalue weighted by Gasteiger charge is 2.41. The van der Waals surface area contributed by atoms with Gasteiger partial charge in [0.15, 0.2) is 17.5 Å². The number of guanidine groups is 1. The van der Waals surface area contributed by atoms with Gasteiger partial charge in [0.25, 0.3) is 0 Å². The maximum atomic E-state index is 5.71. The number of benzene rings is 1. The molecule has 2 N–H and O–H groups in total. The fourth-order valence-corrected chi connectivity index (χ4v) is 3.19. The first-order valence-corrected chi connectivity index (χ1v) is 10.6. The Bertz CT molecular complexity index is 615. The molecule has 1 aliphatic carbocycles. The van der Waals surface area contributed by atoms with Crippen molar-refractivity contribution in [3.05, 3.63) is 23.8 Å². The summed E-state index contributed by atoms with van der Waals surface area (Å²) in [6, 6.07) is 6.16. The smallest absolute Gasteiger partial charge is 0.191 e. The lowest BCUT2D eigenvalue weighted by Crippen LogP contribution is -2.41. The van der Waals surface area contributed by atoms with Crippen molar-refractivity contribution in [3.63, 3.8) is 0 Å². The number of rotatable bonds is 13. The van der Waals surface area contributed by atoms with E-state index < -0.39 is 0 Å². The summed E-state index contributed by atoms with van der Waals surface area (Å²) in [5.74, 6) is 2.48. The number of hydrogen-bond acceptors (Lipinski definition) is 4. The third-order valence-corrected chi connectivity index (χ3v) is 5.11. The van der Waals surface area contributed by atoms with Crippen LogP contribution in [0.3, 0.4) is 0 Å². The van der Waals surface area contributed by atoms with Crippen LogP contribution < -0.4 is 20.1 Å². The van der Waals surface area contributed by atoms with Crippen LogP contribution in [-0.2, 0) is 11.2 Å². The zero-order valence-electron chi connectivity index (χ0n) is 18.0. The molecule has 1 aliphatic rings. The minimum absolute atomic E-state index is 0.397. The molecular weight excluding hydrogens is 354 g/mol. The Kier molecular flexibility index (Phi) is 9.41. The number of nitrogens with one attached hydrogen (secondary N) is 2. The van der Waals surface area contributed by atoms with Gasteiger partial charge in [-0.1, -0.05) is 6.07 Å². The molecule has 0 heterocycles. The lowest BCUT2D eigenvalue weighted by molar-refractivity contribution is 0.128. The summed E-state index contributed by atoms with van der Waals surface area (Å²) in [4.78, 5) is 4.35. The highest BCUT2D eigenvalue weighted by Crippen LogP contribution is 2.48. The van der Waals surface area contributed by atoms with Crippen molar-refractivity contribution in [2.45, 2.75) is 46.5 Å². The average Bonchev–Trinajstić information content (AvgIpc) is 3.47. The Morgan fingerprint density at radius 1 is 1.04 bits per heavy atom. The van der Waals surface area contributed by atoms with Crippen molar-refractivity contribution in [1.29, 1.82) is 0 Å². The van der Waals surface area contributed by atoms with Crippen LogP contribution >= 0.6 is 0 Å². The summed E-state index contributed by atoms with van der Waals surface area (Å²) in [5, 5.41) is 6.89. The minimum Gasteiger partial charge on any atom is -0.490 e. The van der Waals surface area contributed by atoms with E-state index in [0.29, 0.717) is 18.6 Å². The Balaban J connectivity index is 1.77. The summed E-state index contributed by atoms with van der Waals surface area (Å²) >= 11 is 0. The van der Waals surface area contributed by atoms with Gasteiger partial charge in [-0.25, -0.2) is 0 Å². The fraction of sp³-hybridized carbons (Fsp3) is 0.682. The van der Waals surface area contributed by atoms with Gasteiger partial charge >= 0.3 is 0 Å². The SMILES string of the molecule is CCOCCC1(CNC(=NC)NCCc2ccc(OCC)c(OCC)c2)CC1. The Morgan fingerprint density at radius 2 is 1.79 bits per heavy atom. The summed E-state index contributed by atoms with van der Waals surface area (Å²) in [6.45, 7) is 10.7. The molecule has 0 saturated heterocycles. The van der Waals surface area contributed by atoms with Crippen LogP contribution in [0, 0.1) is 5.41 Å². The Morgan fingerprint density at radius 3 is 2.43 bits per heavy atom. The van der Waals surface area contributed by atoms with E-state index in [-0.39, 0.29) is 0 Å². The molecule has 0 radical (unpaired) electrons. The second kappa shape index (κ2) is 11.8. The van der Waals surface area contributed by atoms with E-state index in [4.69, 9.17) is 14.2 Å². The lowest BCUT2D eigenvalue weighted by atomic mass is 10.0. The van der Waals surface area contributed by atoms with Crippen LogP contribution in [-0.4, -0.2) is 52.5 Å². The van der Waals surface area contributed by atoms with Crippen molar-refractivity contribution in [1.82, 2.24) is 10.6 Å². The summed E-state index contributed by atoms with van der Waals surface area (Å²) in [6.07, 6.45) is 4.56. The van der Waals surface area contributed by atoms with Crippen LogP contribution in [0.1, 0.15) is 45.6 Å². The molecule has 0 amide bonds. The maximum absolute atomic E-state index is 5.71. The molecule has 0 bridgehead atoms. The molecular formula is C22H37N3O3. The number of nitrogens with zero attached hydrogens (tertiary/aromatic N) is 1. The van der Waals surface area contributed by atoms with Crippen LogP contribution in [0.15, 0.2) is 23.2 Å². The van der Waals surface area contributed by atoms with Gasteiger partial charge in [-0.05, 0) is 69.6 Å². The first-order chi connectivity index (χ1) is 13.7. The van der Waals surface area contributed by atoms with Crippen LogP contribution in [0.4, 0.5) is 0 Å². The van der Waals surface area contributed by atoms with Crippen LogP contribution in [0.5, 0.6) is 11.5 Å². The molecule has 28 heavy (non-hydrogen) atoms. The highest BCUT2D eigenvalue weighted by molar-refractivity contribution is 5.79. The molecule has 0 unspecified atom stereocenters. The quantitative estimate of drug-likeness (QED) is 0.307. The summed E-state index contributed by atoms with van der Waals surface area (Å²) in [7, 11) is 1.82. The van der Waals surface area contributed by atoms with Crippen molar-refractivity contribution in [2.24, 2.45) is 10.4 Å². The van der Waals surface area contributed by atoms with Gasteiger partial charge in [-0.2, -0.15) is 0 Å². The molecule has 0 aromatic heterocycles. The topological polar surface area (TPSA) is 64.1 Å². The Labute approximate surface area is 170 Å². The van der Waals surface area contributed by atoms with E-state index in [1.807, 2.05) is 33.9 Å². The van der Waals surface area contributed by atoms with Gasteiger partial charge in [0.05, 0.1) is 13.2 Å². The van der Waals surface area contributed by atoms with Crippen molar-refractivity contribution < 1.29 is 14.2 Å². The average molecular weight is 392 g/mol. The van der Waals surface area contributed by atoms with Crippen molar-refractivity contribution in [2.75, 3.05) is 46.6 Å². The molecule has 0 aliphatic heterocycles. The van der Waals surface area contributed by atoms with E-state index in [9.17, 15) is 0 Å². The molecule has 158 valence electrons. The van der Waals surface area contributed by atoms with E-state index in [1.54, 1.807) is 0 Å². The van der Waals surface area contributed by atoms with Gasteiger partial charge in [-0.15, -0.1) is 0 Å². The zero-order chi connectivity index (χ0) is 20.2. The van der Waals surface area contributed by atoms with Gasteiger partial charge in [0, 0.05) is 33.4 Å². The maximum Gasteiger partial charge on any atom is 0.191 e. The van der Waals surface area contributed by atoms with E-state index >= 15 is 0 Å². The summed E-state index contributed by atoms with van der Waals surface area (Å²) < 4.78 is 16.9. The van der Waals surface area contributed by atoms with Crippen molar-refractivity contribution >= 4 is 5.96 Å². The number of ether oxygens (including phenoxy) is 3. The molecule has 1 saturated carbocycles. The molecule has 1 aromatic rings. The van der Waals surface area contributed by atoms with Crippen LogP contribution in [0.25, 0.3) is 0 Å². The monoisotopic (exact) mass is 391 g/mol. The third kappa shape index (κ3) is 7.23. The normalized spacial score (nSPS) is 15.2. The number of hydrogen-bond donors (Lipinski definition) is 2. The largest absolute Gasteiger partial charge is 0.490 e. The third-order valence-electron chi connectivity index (χ3n) is 5.11. The molecule has 0 atom stereocenters. The summed E-state index contributed by atoms with van der Waals surface area (Å²) in [5.41, 5.74) is 1.61. The van der Waals surface area contributed by atoms with Gasteiger partial charge in [-0.3, -0.25) is 4.99 Å². The first-order valence-electron chi connectivity index (χ1n) is 10.6. The zero-order valence-corrected chi connectivity index (χ0v) is 18.0. The second-order valence-electron chi connectivity index (χ2n) is 7.20. The van der Waals surface area contributed by atoms with Gasteiger partial charge in [0.2, 0.25) is 0 Å². The Hall–Kier alpha value is -1.95. The molecule has 0 spiro atoms. The van der Waals surface area contributed by atoms with Gasteiger partial charge in [0.1, 0.15) is 0 Å². The van der Waals surface area contributed by atoms with Crippen LogP contribution in [0.2, 0.25) is 0 Å². The van der Waals surface area contributed by atoms with E-state index in [0.717, 1.165) is 56.6 Å². The molecule has 1 aromatic carbocycles. The van der Waals surface area contributed by atoms with E-state index in [1.165, 1.54) is 18.4 Å². The predicted molar refractivity (Wildman–Crippen MR) is 115 cm³/mol. The predicted octanol–water partition coefficient (Wildman–Crippen LogP) is 3.40. The standard InChI is InChI=1S/C22H37N3O3/c1-5-26-15-13-22(11-12-22)17-25-21(23-4)24-14-10-18-8-9-19(27-6-2)20(16-18)28-7-3/h8-9,16H,5-7,10-15,17H2,1-4H3,(H2,23,24,25). The fourth-order valence-electron chi connectivity index (χ4n) is 3.19. The highest BCUT2D eigenvalue weighted by atomic mass is 16.5. The van der Waals surface area contributed by atoms with E-state index in [2.05, 4.69) is 27.8 Å². The first kappa shape index (κ1) is 22.3. The van der Waals surface area contributed by atoms with Gasteiger partial charge < -0.3 is 24.8 Å². The number of aliphatic imine (C=N–C) groups is 1. The lowest BCUT2D eigenvalue weighted by Gasteiger charge is -2.18. The molecule has 1 fully saturated rings.